The van der Waals surface area contributed by atoms with Gasteiger partial charge < -0.3 is 19.7 Å². The molecule has 1 amide bonds. The van der Waals surface area contributed by atoms with Gasteiger partial charge in [0.05, 0.1) is 32.5 Å². The number of anilines is 2. The third-order valence-electron chi connectivity index (χ3n) is 5.84. The van der Waals surface area contributed by atoms with E-state index in [1.54, 1.807) is 17.0 Å². The topological polar surface area (TPSA) is 111 Å². The van der Waals surface area contributed by atoms with E-state index in [1.807, 2.05) is 20.8 Å². The van der Waals surface area contributed by atoms with Crippen LogP contribution in [-0.4, -0.2) is 59.9 Å². The number of hydrogen-bond acceptors (Lipinski definition) is 8. The molecule has 1 aromatic carbocycles. The number of halogens is 1. The van der Waals surface area contributed by atoms with Crippen molar-refractivity contribution in [1.29, 1.82) is 0 Å². The molecule has 2 aromatic rings. The van der Waals surface area contributed by atoms with Gasteiger partial charge in [-0.1, -0.05) is 11.6 Å². The van der Waals surface area contributed by atoms with Gasteiger partial charge in [-0.15, -0.1) is 0 Å². The first kappa shape index (κ1) is 24.5. The lowest BCUT2D eigenvalue weighted by Gasteiger charge is -2.32. The molecule has 1 N–H and O–H groups in total. The molecule has 2 fully saturated rings. The van der Waals surface area contributed by atoms with E-state index in [0.29, 0.717) is 66.7 Å². The molecule has 0 unspecified atom stereocenters. The number of carbonyl (C=O) groups is 1. The molecule has 1 aromatic heterocycles. The van der Waals surface area contributed by atoms with Crippen molar-refractivity contribution in [2.24, 2.45) is 0 Å². The van der Waals surface area contributed by atoms with Crippen molar-refractivity contribution in [1.82, 2.24) is 14.9 Å². The standard InChI is InChI=1S/C23H29ClN4O5S/c1-14(2)32-23(29)28-10-8-16(9-11-28)33-22-15(3)21(25-13-26-22)27-20-7-6-18(12-19(20)24)34(30,31)17-4-5-17/h6-7,12-14,16-17H,4-5,8-11H2,1-3H3,(H,25,26,27). The summed E-state index contributed by atoms with van der Waals surface area (Å²) in [7, 11) is -3.31. The minimum Gasteiger partial charge on any atom is -0.474 e. The van der Waals surface area contributed by atoms with Crippen LogP contribution in [0.5, 0.6) is 5.88 Å². The van der Waals surface area contributed by atoms with Crippen LogP contribution in [0.15, 0.2) is 29.4 Å². The number of amides is 1. The Balaban J connectivity index is 1.40. The molecule has 2 heterocycles. The van der Waals surface area contributed by atoms with Crippen LogP contribution in [0.1, 0.15) is 45.1 Å². The molecular formula is C23H29ClN4O5S. The van der Waals surface area contributed by atoms with Crippen molar-refractivity contribution in [3.05, 3.63) is 35.1 Å². The molecule has 1 saturated carbocycles. The Kier molecular flexibility index (Phi) is 7.18. The van der Waals surface area contributed by atoms with Crippen LogP contribution in [0, 0.1) is 6.92 Å². The van der Waals surface area contributed by atoms with Crippen molar-refractivity contribution in [2.45, 2.75) is 68.8 Å². The number of rotatable bonds is 7. The van der Waals surface area contributed by atoms with Gasteiger partial charge in [-0.05, 0) is 51.8 Å². The second kappa shape index (κ2) is 9.95. The molecule has 4 rings (SSSR count). The number of ether oxygens (including phenoxy) is 2. The lowest BCUT2D eigenvalue weighted by molar-refractivity contribution is 0.0505. The van der Waals surface area contributed by atoms with Crippen molar-refractivity contribution < 1.29 is 22.7 Å². The molecule has 0 spiro atoms. The van der Waals surface area contributed by atoms with E-state index in [1.165, 1.54) is 12.4 Å². The van der Waals surface area contributed by atoms with Gasteiger partial charge in [-0.3, -0.25) is 0 Å². The number of hydrogen-bond donors (Lipinski definition) is 1. The molecular weight excluding hydrogens is 480 g/mol. The number of carbonyl (C=O) groups excluding carboxylic acids is 1. The number of likely N-dealkylation sites (tertiary alicyclic amines) is 1. The minimum absolute atomic E-state index is 0.0833. The third kappa shape index (κ3) is 5.55. The van der Waals surface area contributed by atoms with E-state index < -0.39 is 9.84 Å². The average Bonchev–Trinajstić information content (AvgIpc) is 3.64. The molecule has 184 valence electrons. The van der Waals surface area contributed by atoms with Crippen LogP contribution >= 0.6 is 11.6 Å². The quantitative estimate of drug-likeness (QED) is 0.581. The second-order valence-electron chi connectivity index (χ2n) is 8.90. The summed E-state index contributed by atoms with van der Waals surface area (Å²) in [4.78, 5) is 22.6. The Morgan fingerprint density at radius 2 is 1.88 bits per heavy atom. The monoisotopic (exact) mass is 508 g/mol. The van der Waals surface area contributed by atoms with Gasteiger partial charge in [0.2, 0.25) is 5.88 Å². The minimum atomic E-state index is -3.31. The zero-order valence-electron chi connectivity index (χ0n) is 19.5. The predicted molar refractivity (Wildman–Crippen MR) is 129 cm³/mol. The van der Waals surface area contributed by atoms with E-state index >= 15 is 0 Å². The van der Waals surface area contributed by atoms with Crippen molar-refractivity contribution in [3.63, 3.8) is 0 Å². The lowest BCUT2D eigenvalue weighted by Crippen LogP contribution is -2.42. The summed E-state index contributed by atoms with van der Waals surface area (Å²) >= 11 is 6.38. The van der Waals surface area contributed by atoms with Crippen LogP contribution in [0.2, 0.25) is 5.02 Å². The van der Waals surface area contributed by atoms with Gasteiger partial charge in [-0.2, -0.15) is 0 Å². The molecule has 1 aliphatic carbocycles. The molecule has 0 radical (unpaired) electrons. The first-order chi connectivity index (χ1) is 16.1. The fraction of sp³-hybridized carbons (Fsp3) is 0.522. The summed E-state index contributed by atoms with van der Waals surface area (Å²) in [6.07, 6.45) is 3.60. The number of piperidine rings is 1. The van der Waals surface area contributed by atoms with Crippen LogP contribution in [-0.2, 0) is 14.6 Å². The molecule has 34 heavy (non-hydrogen) atoms. The first-order valence-electron chi connectivity index (χ1n) is 11.4. The van der Waals surface area contributed by atoms with Crippen molar-refractivity contribution in [2.75, 3.05) is 18.4 Å². The lowest BCUT2D eigenvalue weighted by atomic mass is 10.1. The fourth-order valence-corrected chi connectivity index (χ4v) is 5.72. The van der Waals surface area contributed by atoms with Gasteiger partial charge in [0, 0.05) is 25.9 Å². The molecule has 0 bridgehead atoms. The Bertz CT molecular complexity index is 1160. The SMILES string of the molecule is Cc1c(Nc2ccc(S(=O)(=O)C3CC3)cc2Cl)ncnc1OC1CCN(C(=O)OC(C)C)CC1. The highest BCUT2D eigenvalue weighted by molar-refractivity contribution is 7.92. The highest BCUT2D eigenvalue weighted by Gasteiger charge is 2.37. The second-order valence-corrected chi connectivity index (χ2v) is 11.5. The van der Waals surface area contributed by atoms with E-state index in [4.69, 9.17) is 21.1 Å². The maximum absolute atomic E-state index is 12.5. The Morgan fingerprint density at radius 1 is 1.18 bits per heavy atom. The first-order valence-corrected chi connectivity index (χ1v) is 13.3. The predicted octanol–water partition coefficient (Wildman–Crippen LogP) is 4.51. The summed E-state index contributed by atoms with van der Waals surface area (Å²) < 4.78 is 36.3. The molecule has 1 saturated heterocycles. The summed E-state index contributed by atoms with van der Waals surface area (Å²) in [6, 6.07) is 4.68. The van der Waals surface area contributed by atoms with Gasteiger partial charge in [0.25, 0.3) is 0 Å². The highest BCUT2D eigenvalue weighted by Crippen LogP contribution is 2.36. The van der Waals surface area contributed by atoms with Crippen LogP contribution in [0.3, 0.4) is 0 Å². The van der Waals surface area contributed by atoms with E-state index in [2.05, 4.69) is 15.3 Å². The third-order valence-corrected chi connectivity index (χ3v) is 8.41. The van der Waals surface area contributed by atoms with Crippen LogP contribution in [0.4, 0.5) is 16.3 Å². The zero-order valence-corrected chi connectivity index (χ0v) is 21.0. The van der Waals surface area contributed by atoms with Crippen molar-refractivity contribution in [3.8, 4) is 5.88 Å². The van der Waals surface area contributed by atoms with Gasteiger partial charge in [0.1, 0.15) is 18.2 Å². The smallest absolute Gasteiger partial charge is 0.410 e. The van der Waals surface area contributed by atoms with Gasteiger partial charge in [0.15, 0.2) is 9.84 Å². The van der Waals surface area contributed by atoms with E-state index in [9.17, 15) is 13.2 Å². The maximum Gasteiger partial charge on any atom is 0.410 e. The van der Waals surface area contributed by atoms with Gasteiger partial charge in [-0.25, -0.2) is 23.2 Å². The number of sulfone groups is 1. The Labute approximate surface area is 204 Å². The fourth-order valence-electron chi connectivity index (χ4n) is 3.74. The number of nitrogens with one attached hydrogen (secondary N) is 1. The Hall–Kier alpha value is -2.59. The van der Waals surface area contributed by atoms with Crippen LogP contribution < -0.4 is 10.1 Å². The van der Waals surface area contributed by atoms with Crippen LogP contribution in [0.25, 0.3) is 0 Å². The van der Waals surface area contributed by atoms with Crippen molar-refractivity contribution >= 4 is 39.0 Å². The number of aromatic nitrogens is 2. The van der Waals surface area contributed by atoms with E-state index in [0.717, 1.165) is 0 Å². The largest absolute Gasteiger partial charge is 0.474 e. The molecule has 11 heteroatoms. The molecule has 2 aliphatic rings. The molecule has 0 atom stereocenters. The normalized spacial score (nSPS) is 17.0. The number of benzene rings is 1. The Morgan fingerprint density at radius 3 is 2.50 bits per heavy atom. The summed E-state index contributed by atoms with van der Waals surface area (Å²) in [5, 5.41) is 3.16. The molecule has 1 aliphatic heterocycles. The van der Waals surface area contributed by atoms with Gasteiger partial charge >= 0.3 is 6.09 Å². The summed E-state index contributed by atoms with van der Waals surface area (Å²) in [5.74, 6) is 0.965. The molecule has 9 nitrogen and oxygen atoms in total. The highest BCUT2D eigenvalue weighted by atomic mass is 35.5. The summed E-state index contributed by atoms with van der Waals surface area (Å²) in [5.41, 5.74) is 1.25. The maximum atomic E-state index is 12.5. The summed E-state index contributed by atoms with van der Waals surface area (Å²) in [6.45, 7) is 6.60. The average molecular weight is 509 g/mol. The van der Waals surface area contributed by atoms with E-state index in [-0.39, 0.29) is 28.4 Å². The zero-order chi connectivity index (χ0) is 24.5. The number of nitrogens with zero attached hydrogens (tertiary/aromatic N) is 3.